The highest BCUT2D eigenvalue weighted by Crippen LogP contribution is 2.17. The highest BCUT2D eigenvalue weighted by atomic mass is 16.5. The lowest BCUT2D eigenvalue weighted by Gasteiger charge is -2.25. The predicted octanol–water partition coefficient (Wildman–Crippen LogP) is 1.91. The summed E-state index contributed by atoms with van der Waals surface area (Å²) in [5.41, 5.74) is 3.03. The van der Waals surface area contributed by atoms with Crippen molar-refractivity contribution in [1.29, 1.82) is 0 Å². The zero-order valence-corrected chi connectivity index (χ0v) is 16.5. The third-order valence-electron chi connectivity index (χ3n) is 5.37. The molecule has 1 saturated heterocycles. The molecule has 0 spiro atoms. The molecule has 1 aliphatic rings. The molecule has 2 aromatic rings. The van der Waals surface area contributed by atoms with Gasteiger partial charge in [-0.25, -0.2) is 0 Å². The van der Waals surface area contributed by atoms with Crippen molar-refractivity contribution < 1.29 is 14.4 Å². The number of carbonyl (C=O) groups is 1. The molecule has 0 aromatic heterocycles. The summed E-state index contributed by atoms with van der Waals surface area (Å²) in [4.78, 5) is 16.2. The molecular weight excluding hydrogens is 338 g/mol. The topological polar surface area (TPSA) is 46.0 Å². The summed E-state index contributed by atoms with van der Waals surface area (Å²) < 4.78 is 5.28. The minimum atomic E-state index is -0.0163. The van der Waals surface area contributed by atoms with Crippen LogP contribution in [0.25, 0.3) is 0 Å². The van der Waals surface area contributed by atoms with Crippen molar-refractivity contribution in [2.24, 2.45) is 0 Å². The lowest BCUT2D eigenvalue weighted by Crippen LogP contribution is -3.11. The molecule has 0 aliphatic carbocycles. The first kappa shape index (κ1) is 19.2. The Morgan fingerprint density at radius 1 is 1.07 bits per heavy atom. The van der Waals surface area contributed by atoms with E-state index in [-0.39, 0.29) is 11.9 Å². The number of hydrogen-bond donors (Lipinski definition) is 2. The fourth-order valence-corrected chi connectivity index (χ4v) is 3.72. The van der Waals surface area contributed by atoms with E-state index in [4.69, 9.17) is 4.74 Å². The molecule has 5 heteroatoms. The molecule has 5 nitrogen and oxygen atoms in total. The van der Waals surface area contributed by atoms with E-state index >= 15 is 0 Å². The highest BCUT2D eigenvalue weighted by molar-refractivity contribution is 5.94. The first-order chi connectivity index (χ1) is 13.1. The van der Waals surface area contributed by atoms with Crippen LogP contribution in [0.15, 0.2) is 48.5 Å². The average molecular weight is 369 g/mol. The van der Waals surface area contributed by atoms with Crippen LogP contribution in [0.2, 0.25) is 0 Å². The van der Waals surface area contributed by atoms with Crippen LogP contribution in [0.5, 0.6) is 5.75 Å². The lowest BCUT2D eigenvalue weighted by molar-refractivity contribution is -0.918. The van der Waals surface area contributed by atoms with Gasteiger partial charge in [-0.1, -0.05) is 0 Å². The highest BCUT2D eigenvalue weighted by Gasteiger charge is 2.28. The minimum Gasteiger partial charge on any atom is -0.497 e. The smallest absolute Gasteiger partial charge is 0.251 e. The van der Waals surface area contributed by atoms with Crippen LogP contribution in [0.4, 0.5) is 5.69 Å². The zero-order chi connectivity index (χ0) is 19.2. The Morgan fingerprint density at radius 2 is 1.70 bits per heavy atom. The van der Waals surface area contributed by atoms with E-state index in [9.17, 15) is 4.79 Å². The molecule has 1 aliphatic heterocycles. The first-order valence-corrected chi connectivity index (χ1v) is 9.62. The average Bonchev–Trinajstić information content (AvgIpc) is 3.23. The minimum absolute atomic E-state index is 0.0163. The Bertz CT molecular complexity index is 735. The molecule has 1 amide bonds. The van der Waals surface area contributed by atoms with Crippen LogP contribution < -0.4 is 19.9 Å². The van der Waals surface area contributed by atoms with E-state index in [2.05, 4.69) is 17.4 Å². The third kappa shape index (κ3) is 4.80. The van der Waals surface area contributed by atoms with Gasteiger partial charge < -0.3 is 19.9 Å². The molecule has 2 N–H and O–H groups in total. The number of amides is 1. The van der Waals surface area contributed by atoms with Crippen LogP contribution in [-0.2, 0) is 0 Å². The number of likely N-dealkylation sites (tertiary alicyclic amines) is 1. The van der Waals surface area contributed by atoms with E-state index in [0.29, 0.717) is 12.1 Å². The van der Waals surface area contributed by atoms with Gasteiger partial charge >= 0.3 is 0 Å². The molecule has 27 heavy (non-hydrogen) atoms. The van der Waals surface area contributed by atoms with E-state index < -0.39 is 0 Å². The number of nitrogens with zero attached hydrogens (tertiary/aromatic N) is 1. The Morgan fingerprint density at radius 3 is 2.26 bits per heavy atom. The van der Waals surface area contributed by atoms with Gasteiger partial charge in [-0.3, -0.25) is 4.79 Å². The number of ether oxygens (including phenoxy) is 1. The van der Waals surface area contributed by atoms with Crippen molar-refractivity contribution >= 4 is 11.6 Å². The number of methoxy groups -OCH3 is 1. The van der Waals surface area contributed by atoms with Crippen molar-refractivity contribution in [1.82, 2.24) is 5.32 Å². The number of nitrogens with one attached hydrogen (secondary N) is 2. The third-order valence-corrected chi connectivity index (χ3v) is 5.37. The molecule has 1 heterocycles. The van der Waals surface area contributed by atoms with Crippen LogP contribution >= 0.6 is 0 Å². The van der Waals surface area contributed by atoms with Crippen LogP contribution in [0.3, 0.4) is 0 Å². The van der Waals surface area contributed by atoms with Crippen molar-refractivity contribution in [3.05, 3.63) is 59.7 Å². The van der Waals surface area contributed by atoms with Crippen molar-refractivity contribution in [2.75, 3.05) is 45.7 Å². The van der Waals surface area contributed by atoms with Crippen molar-refractivity contribution in [2.45, 2.75) is 18.9 Å². The fraction of sp³-hybridized carbons (Fsp3) is 0.409. The molecular formula is C22H30N3O2+. The second kappa shape index (κ2) is 8.91. The summed E-state index contributed by atoms with van der Waals surface area (Å²) in [6.07, 6.45) is 2.50. The van der Waals surface area contributed by atoms with E-state index in [1.54, 1.807) is 12.0 Å². The van der Waals surface area contributed by atoms with Gasteiger partial charge in [0.15, 0.2) is 0 Å². The van der Waals surface area contributed by atoms with Gasteiger partial charge in [0, 0.05) is 43.8 Å². The molecule has 0 saturated carbocycles. The summed E-state index contributed by atoms with van der Waals surface area (Å²) in [5.74, 6) is 0.844. The van der Waals surface area contributed by atoms with Gasteiger partial charge in [-0.05, 0) is 48.5 Å². The Kier molecular flexibility index (Phi) is 6.35. The predicted molar refractivity (Wildman–Crippen MR) is 109 cm³/mol. The first-order valence-electron chi connectivity index (χ1n) is 9.62. The second-order valence-electron chi connectivity index (χ2n) is 7.34. The largest absolute Gasteiger partial charge is 0.497 e. The maximum Gasteiger partial charge on any atom is 0.251 e. The number of rotatable bonds is 7. The van der Waals surface area contributed by atoms with Crippen molar-refractivity contribution in [3.63, 3.8) is 0 Å². The van der Waals surface area contributed by atoms with Crippen LogP contribution in [0.1, 0.15) is 34.8 Å². The van der Waals surface area contributed by atoms with Gasteiger partial charge in [-0.2, -0.15) is 0 Å². The monoisotopic (exact) mass is 368 g/mol. The fourth-order valence-electron chi connectivity index (χ4n) is 3.72. The Labute approximate surface area is 161 Å². The number of carbonyl (C=O) groups excluding carboxylic acids is 1. The number of anilines is 1. The van der Waals surface area contributed by atoms with Gasteiger partial charge in [0.05, 0.1) is 26.7 Å². The van der Waals surface area contributed by atoms with Gasteiger partial charge in [-0.15, -0.1) is 0 Å². The van der Waals surface area contributed by atoms with E-state index in [1.807, 2.05) is 55.4 Å². The standard InChI is InChI=1S/C22H29N3O2/c1-24(2)19-10-6-18(7-11-19)22(26)23-16-21(25-14-4-5-15-25)17-8-12-20(27-3)13-9-17/h6-13,21H,4-5,14-16H2,1-3H3,(H,23,26)/p+1/t21-/m1/s1. The SMILES string of the molecule is COc1ccc([C@@H](CNC(=O)c2ccc(N(C)C)cc2)[NH+]2CCCC2)cc1. The number of hydrogen-bond acceptors (Lipinski definition) is 3. The quantitative estimate of drug-likeness (QED) is 0.785. The molecule has 0 unspecified atom stereocenters. The summed E-state index contributed by atoms with van der Waals surface area (Å²) >= 11 is 0. The summed E-state index contributed by atoms with van der Waals surface area (Å²) in [6, 6.07) is 16.2. The Hall–Kier alpha value is -2.53. The molecule has 0 bridgehead atoms. The van der Waals surface area contributed by atoms with E-state index in [1.165, 1.54) is 18.4 Å². The number of quaternary nitrogens is 1. The van der Waals surface area contributed by atoms with E-state index in [0.717, 1.165) is 24.5 Å². The molecule has 144 valence electrons. The lowest BCUT2D eigenvalue weighted by atomic mass is 10.0. The number of benzene rings is 2. The van der Waals surface area contributed by atoms with Crippen LogP contribution in [0, 0.1) is 0 Å². The molecule has 1 atom stereocenters. The van der Waals surface area contributed by atoms with Gasteiger partial charge in [0.25, 0.3) is 5.91 Å². The Balaban J connectivity index is 1.69. The zero-order valence-electron chi connectivity index (χ0n) is 16.5. The molecule has 0 radical (unpaired) electrons. The summed E-state index contributed by atoms with van der Waals surface area (Å²) in [7, 11) is 5.67. The molecule has 1 fully saturated rings. The van der Waals surface area contributed by atoms with Crippen molar-refractivity contribution in [3.8, 4) is 5.75 Å². The summed E-state index contributed by atoms with van der Waals surface area (Å²) in [5, 5.41) is 3.15. The maximum absolute atomic E-state index is 12.6. The normalized spacial score (nSPS) is 15.4. The van der Waals surface area contributed by atoms with Gasteiger partial charge in [0.2, 0.25) is 0 Å². The second-order valence-corrected chi connectivity index (χ2v) is 7.34. The van der Waals surface area contributed by atoms with Gasteiger partial charge in [0.1, 0.15) is 11.8 Å². The maximum atomic E-state index is 12.6. The molecule has 3 rings (SSSR count). The summed E-state index contributed by atoms with van der Waals surface area (Å²) in [6.45, 7) is 2.95. The molecule has 2 aromatic carbocycles. The van der Waals surface area contributed by atoms with Crippen LogP contribution in [-0.4, -0.2) is 46.7 Å².